The van der Waals surface area contributed by atoms with Crippen molar-refractivity contribution in [2.75, 3.05) is 6.61 Å². The van der Waals surface area contributed by atoms with E-state index in [4.69, 9.17) is 9.47 Å². The molecule has 5 fully saturated rings. The van der Waals surface area contributed by atoms with Crippen LogP contribution in [-0.2, 0) is 9.47 Å². The first-order valence-electron chi connectivity index (χ1n) is 17.0. The lowest BCUT2D eigenvalue weighted by atomic mass is 9.35. The third-order valence-corrected chi connectivity index (χ3v) is 14.0. The zero-order valence-corrected chi connectivity index (χ0v) is 27.9. The summed E-state index contributed by atoms with van der Waals surface area (Å²) in [5.74, 6) is 1.48. The Labute approximate surface area is 259 Å². The highest BCUT2D eigenvalue weighted by molar-refractivity contribution is 5.23. The molecule has 0 spiro atoms. The fourth-order valence-corrected chi connectivity index (χ4v) is 11.5. The van der Waals surface area contributed by atoms with Crippen LogP contribution >= 0.6 is 0 Å². The van der Waals surface area contributed by atoms with Crippen LogP contribution in [0.4, 0.5) is 0 Å². The highest BCUT2D eigenvalue weighted by Gasteiger charge is 2.70. The SMILES string of the molecule is CC(C)=CCC=C(C)[C@H]1CC[C@]2(C)[C@@H]1[C@H](O)C[C@@H]1[C@@]3(C)CC[C@H](O[C@@H]4O[C@H](CO)[C@@H](O)[C@H](O)[C@H]4O)C(C)(C)[C@@H]3CC[C@]12C. The molecule has 0 unspecified atom stereocenters. The van der Waals surface area contributed by atoms with Gasteiger partial charge >= 0.3 is 0 Å². The highest BCUT2D eigenvalue weighted by Crippen LogP contribution is 2.75. The molecule has 1 aliphatic heterocycles. The minimum atomic E-state index is -1.44. The molecule has 0 aromatic carbocycles. The number of rotatable bonds is 6. The van der Waals surface area contributed by atoms with E-state index in [1.807, 2.05) is 0 Å². The van der Waals surface area contributed by atoms with Gasteiger partial charge in [0.05, 0.1) is 18.8 Å². The molecule has 0 amide bonds. The van der Waals surface area contributed by atoms with Gasteiger partial charge in [0.15, 0.2) is 6.29 Å². The predicted octanol–water partition coefficient (Wildman–Crippen LogP) is 5.13. The minimum Gasteiger partial charge on any atom is -0.394 e. The van der Waals surface area contributed by atoms with Crippen molar-refractivity contribution in [1.82, 2.24) is 0 Å². The second-order valence-corrected chi connectivity index (χ2v) is 16.6. The van der Waals surface area contributed by atoms with Gasteiger partial charge in [-0.3, -0.25) is 0 Å². The Morgan fingerprint density at radius 2 is 1.49 bits per heavy atom. The summed E-state index contributed by atoms with van der Waals surface area (Å²) in [6.07, 6.45) is 5.90. The van der Waals surface area contributed by atoms with E-state index in [9.17, 15) is 25.5 Å². The van der Waals surface area contributed by atoms with E-state index in [0.29, 0.717) is 17.8 Å². The first-order chi connectivity index (χ1) is 20.0. The average molecular weight is 605 g/mol. The summed E-state index contributed by atoms with van der Waals surface area (Å²) in [7, 11) is 0. The standard InChI is InChI=1S/C36H60O7/c1-20(2)10-9-11-21(3)22-12-16-36(8)28(22)23(38)18-26-34(6)15-14-27(33(4,5)25(34)13-17-35(26,36)7)43-32-31(41)30(40)29(39)24(19-37)42-32/h10-11,22-32,37-41H,9,12-19H2,1-8H3/t22-,23-,24-,25+,26-,27+,28+,29-,30+,31-,32+,34+,35-,36-/m1/s1. The number of allylic oxidation sites excluding steroid dienone is 4. The monoisotopic (exact) mass is 604 g/mol. The first-order valence-corrected chi connectivity index (χ1v) is 17.0. The molecule has 4 saturated carbocycles. The maximum Gasteiger partial charge on any atom is 0.186 e. The van der Waals surface area contributed by atoms with E-state index in [1.54, 1.807) is 0 Å². The van der Waals surface area contributed by atoms with Crippen LogP contribution in [0.1, 0.15) is 107 Å². The summed E-state index contributed by atoms with van der Waals surface area (Å²) in [5.41, 5.74) is 2.80. The Balaban J connectivity index is 1.38. The lowest BCUT2D eigenvalue weighted by Gasteiger charge is -2.70. The molecule has 0 aromatic heterocycles. The van der Waals surface area contributed by atoms with E-state index in [2.05, 4.69) is 67.5 Å². The zero-order chi connectivity index (χ0) is 31.7. The van der Waals surface area contributed by atoms with Crippen LogP contribution < -0.4 is 0 Å². The summed E-state index contributed by atoms with van der Waals surface area (Å²) in [5, 5.41) is 52.9. The molecule has 0 aromatic rings. The van der Waals surface area contributed by atoms with Gasteiger partial charge in [0.1, 0.15) is 24.4 Å². The lowest BCUT2D eigenvalue weighted by molar-refractivity contribution is -0.331. The molecule has 7 heteroatoms. The third kappa shape index (κ3) is 5.21. The smallest absolute Gasteiger partial charge is 0.186 e. The quantitative estimate of drug-likeness (QED) is 0.211. The molecule has 246 valence electrons. The molecule has 43 heavy (non-hydrogen) atoms. The van der Waals surface area contributed by atoms with Crippen molar-refractivity contribution < 1.29 is 35.0 Å². The Bertz CT molecular complexity index is 1080. The van der Waals surface area contributed by atoms with Crippen LogP contribution in [0.15, 0.2) is 23.3 Å². The number of hydrogen-bond donors (Lipinski definition) is 5. The second kappa shape index (κ2) is 11.8. The number of hydrogen-bond acceptors (Lipinski definition) is 7. The molecule has 14 atom stereocenters. The summed E-state index contributed by atoms with van der Waals surface area (Å²) in [6.45, 7) is 18.2. The van der Waals surface area contributed by atoms with Gasteiger partial charge in [0, 0.05) is 0 Å². The van der Waals surface area contributed by atoms with Crippen LogP contribution in [0, 0.1) is 45.3 Å². The summed E-state index contributed by atoms with van der Waals surface area (Å²) in [4.78, 5) is 0. The van der Waals surface area contributed by atoms with Crippen LogP contribution in [-0.4, -0.2) is 75.1 Å². The molecule has 0 bridgehead atoms. The molecular weight excluding hydrogens is 544 g/mol. The molecule has 1 saturated heterocycles. The maximum absolute atomic E-state index is 12.0. The molecule has 5 aliphatic rings. The third-order valence-electron chi connectivity index (χ3n) is 14.0. The van der Waals surface area contributed by atoms with Gasteiger partial charge in [-0.15, -0.1) is 0 Å². The average Bonchev–Trinajstić information content (AvgIpc) is 3.31. The normalized spacial score (nSPS) is 51.3. The number of aliphatic hydroxyl groups is 5. The molecular formula is C36H60O7. The van der Waals surface area contributed by atoms with Gasteiger partial charge in [0.25, 0.3) is 0 Å². The van der Waals surface area contributed by atoms with Gasteiger partial charge in [-0.2, -0.15) is 0 Å². The fraction of sp³-hybridized carbons (Fsp3) is 0.889. The van der Waals surface area contributed by atoms with Gasteiger partial charge in [-0.25, -0.2) is 0 Å². The zero-order valence-electron chi connectivity index (χ0n) is 27.9. The Morgan fingerprint density at radius 3 is 2.14 bits per heavy atom. The van der Waals surface area contributed by atoms with Crippen LogP contribution in [0.3, 0.4) is 0 Å². The van der Waals surface area contributed by atoms with Crippen molar-refractivity contribution in [2.24, 2.45) is 45.3 Å². The minimum absolute atomic E-state index is 0.0348. The second-order valence-electron chi connectivity index (χ2n) is 16.6. The molecule has 0 radical (unpaired) electrons. The molecule has 7 nitrogen and oxygen atoms in total. The molecule has 4 aliphatic carbocycles. The Hall–Kier alpha value is -0.800. The Morgan fingerprint density at radius 1 is 0.814 bits per heavy atom. The van der Waals surface area contributed by atoms with E-state index >= 15 is 0 Å². The van der Waals surface area contributed by atoms with Crippen LogP contribution in [0.2, 0.25) is 0 Å². The van der Waals surface area contributed by atoms with E-state index in [1.165, 1.54) is 11.1 Å². The topological polar surface area (TPSA) is 120 Å². The lowest BCUT2D eigenvalue weighted by Crippen LogP contribution is -2.67. The van der Waals surface area contributed by atoms with Crippen molar-refractivity contribution in [3.63, 3.8) is 0 Å². The van der Waals surface area contributed by atoms with E-state index in [-0.39, 0.29) is 39.8 Å². The summed E-state index contributed by atoms with van der Waals surface area (Å²) in [6, 6.07) is 0. The first kappa shape index (κ1) is 33.6. The molecule has 5 rings (SSSR count). The van der Waals surface area contributed by atoms with Crippen LogP contribution in [0.5, 0.6) is 0 Å². The van der Waals surface area contributed by atoms with Gasteiger partial charge < -0.3 is 35.0 Å². The predicted molar refractivity (Wildman–Crippen MR) is 167 cm³/mol. The number of ether oxygens (including phenoxy) is 2. The maximum atomic E-state index is 12.0. The van der Waals surface area contributed by atoms with Crippen molar-refractivity contribution in [1.29, 1.82) is 0 Å². The van der Waals surface area contributed by atoms with Gasteiger partial charge in [-0.1, -0.05) is 57.9 Å². The van der Waals surface area contributed by atoms with Crippen molar-refractivity contribution in [3.8, 4) is 0 Å². The molecule has 1 heterocycles. The van der Waals surface area contributed by atoms with Crippen LogP contribution in [0.25, 0.3) is 0 Å². The number of aliphatic hydroxyl groups excluding tert-OH is 5. The van der Waals surface area contributed by atoms with Crippen molar-refractivity contribution >= 4 is 0 Å². The Kier molecular flexibility index (Phi) is 9.19. The largest absolute Gasteiger partial charge is 0.394 e. The van der Waals surface area contributed by atoms with Gasteiger partial charge in [-0.05, 0) is 117 Å². The van der Waals surface area contributed by atoms with E-state index < -0.39 is 37.3 Å². The van der Waals surface area contributed by atoms with E-state index in [0.717, 1.165) is 51.4 Å². The highest BCUT2D eigenvalue weighted by atomic mass is 16.7. The summed E-state index contributed by atoms with van der Waals surface area (Å²) < 4.78 is 12.2. The molecule has 5 N–H and O–H groups in total. The van der Waals surface area contributed by atoms with Gasteiger partial charge in [0.2, 0.25) is 0 Å². The fourth-order valence-electron chi connectivity index (χ4n) is 11.5. The van der Waals surface area contributed by atoms with Crippen molar-refractivity contribution in [2.45, 2.75) is 150 Å². The van der Waals surface area contributed by atoms with Crippen molar-refractivity contribution in [3.05, 3.63) is 23.3 Å². The summed E-state index contributed by atoms with van der Waals surface area (Å²) >= 11 is 0. The number of fused-ring (bicyclic) bond motifs is 5.